The molecule has 7 heteroatoms. The van der Waals surface area contributed by atoms with Crippen LogP contribution in [0.3, 0.4) is 0 Å². The third-order valence-corrected chi connectivity index (χ3v) is 5.26. The first-order valence-electron chi connectivity index (χ1n) is 9.45. The van der Waals surface area contributed by atoms with Crippen molar-refractivity contribution in [2.75, 3.05) is 33.4 Å². The van der Waals surface area contributed by atoms with Gasteiger partial charge in [-0.05, 0) is 18.4 Å². The van der Waals surface area contributed by atoms with Crippen LogP contribution in [0.25, 0.3) is 0 Å². The molecule has 0 saturated carbocycles. The van der Waals surface area contributed by atoms with Crippen molar-refractivity contribution in [3.8, 4) is 0 Å². The fraction of sp³-hybridized carbons (Fsp3) is 0.550. The number of ether oxygens (including phenoxy) is 1. The molecule has 3 amide bonds. The largest absolute Gasteiger partial charge is 0.375 e. The first-order valence-corrected chi connectivity index (χ1v) is 9.45. The molecule has 2 aliphatic heterocycles. The Morgan fingerprint density at radius 3 is 2.56 bits per heavy atom. The second-order valence-electron chi connectivity index (χ2n) is 7.26. The fourth-order valence-electron chi connectivity index (χ4n) is 3.71. The summed E-state index contributed by atoms with van der Waals surface area (Å²) in [6.45, 7) is 2.35. The van der Waals surface area contributed by atoms with Crippen LogP contribution >= 0.6 is 0 Å². The standard InChI is InChI=1S/C20H27N3O4/c1-27-14-19(25)22-9-7-17(8-10-22)21-20(26)16-11-18(24)23(13-16)12-15-5-3-2-4-6-15/h2-6,16-17H,7-14H2,1H3,(H,21,26). The van der Waals surface area contributed by atoms with Gasteiger partial charge in [0.25, 0.3) is 0 Å². The Balaban J connectivity index is 1.45. The highest BCUT2D eigenvalue weighted by molar-refractivity contribution is 5.89. The van der Waals surface area contributed by atoms with Gasteiger partial charge in [0.1, 0.15) is 6.61 Å². The molecule has 3 rings (SSSR count). The number of methoxy groups -OCH3 is 1. The van der Waals surface area contributed by atoms with Gasteiger partial charge in [0.15, 0.2) is 0 Å². The number of carbonyl (C=O) groups is 3. The van der Waals surface area contributed by atoms with Crippen LogP contribution < -0.4 is 5.32 Å². The van der Waals surface area contributed by atoms with E-state index in [0.29, 0.717) is 26.2 Å². The molecule has 0 aliphatic carbocycles. The van der Waals surface area contributed by atoms with E-state index in [1.54, 1.807) is 9.80 Å². The average molecular weight is 373 g/mol. The molecule has 1 N–H and O–H groups in total. The molecule has 0 bridgehead atoms. The number of nitrogens with zero attached hydrogens (tertiary/aromatic N) is 2. The molecule has 0 radical (unpaired) electrons. The lowest BCUT2D eigenvalue weighted by molar-refractivity contribution is -0.136. The zero-order chi connectivity index (χ0) is 19.2. The minimum Gasteiger partial charge on any atom is -0.375 e. The predicted octanol–water partition coefficient (Wildman–Crippen LogP) is 0.789. The maximum absolute atomic E-state index is 12.6. The van der Waals surface area contributed by atoms with Gasteiger partial charge in [-0.15, -0.1) is 0 Å². The molecule has 146 valence electrons. The molecule has 1 atom stereocenters. The van der Waals surface area contributed by atoms with Gasteiger partial charge in [-0.25, -0.2) is 0 Å². The van der Waals surface area contributed by atoms with Crippen LogP contribution in [0.15, 0.2) is 30.3 Å². The van der Waals surface area contributed by atoms with Gasteiger partial charge in [0.05, 0.1) is 5.92 Å². The molecule has 1 aromatic carbocycles. The monoisotopic (exact) mass is 373 g/mol. The smallest absolute Gasteiger partial charge is 0.248 e. The lowest BCUT2D eigenvalue weighted by Gasteiger charge is -2.32. The summed E-state index contributed by atoms with van der Waals surface area (Å²) in [5.74, 6) is -0.339. The SMILES string of the molecule is COCC(=O)N1CCC(NC(=O)C2CC(=O)N(Cc3ccccc3)C2)CC1. The Hall–Kier alpha value is -2.41. The molecule has 1 unspecified atom stereocenters. The van der Waals surface area contributed by atoms with Crippen molar-refractivity contribution in [3.63, 3.8) is 0 Å². The van der Waals surface area contributed by atoms with Crippen LogP contribution in [0.1, 0.15) is 24.8 Å². The summed E-state index contributed by atoms with van der Waals surface area (Å²) >= 11 is 0. The van der Waals surface area contributed by atoms with Gasteiger partial charge in [0.2, 0.25) is 17.7 Å². The normalized spacial score (nSPS) is 20.8. The molecule has 1 aromatic rings. The number of amides is 3. The molecule has 27 heavy (non-hydrogen) atoms. The van der Waals surface area contributed by atoms with E-state index < -0.39 is 0 Å². The predicted molar refractivity (Wildman–Crippen MR) is 99.6 cm³/mol. The van der Waals surface area contributed by atoms with Crippen molar-refractivity contribution in [1.29, 1.82) is 0 Å². The number of carbonyl (C=O) groups excluding carboxylic acids is 3. The summed E-state index contributed by atoms with van der Waals surface area (Å²) < 4.78 is 4.88. The Kier molecular flexibility index (Phi) is 6.45. The van der Waals surface area contributed by atoms with Crippen LogP contribution in [-0.4, -0.2) is 66.9 Å². The lowest BCUT2D eigenvalue weighted by atomic mass is 10.0. The van der Waals surface area contributed by atoms with Crippen LogP contribution in [-0.2, 0) is 25.7 Å². The number of likely N-dealkylation sites (tertiary alicyclic amines) is 2. The van der Waals surface area contributed by atoms with E-state index in [9.17, 15) is 14.4 Å². The van der Waals surface area contributed by atoms with E-state index in [1.807, 2.05) is 30.3 Å². The molecule has 2 saturated heterocycles. The Morgan fingerprint density at radius 1 is 1.19 bits per heavy atom. The maximum atomic E-state index is 12.6. The second-order valence-corrected chi connectivity index (χ2v) is 7.26. The summed E-state index contributed by atoms with van der Waals surface area (Å²) in [6, 6.07) is 9.87. The number of piperidine rings is 1. The molecule has 2 aliphatic rings. The van der Waals surface area contributed by atoms with Crippen LogP contribution in [0.2, 0.25) is 0 Å². The third kappa shape index (κ3) is 5.07. The third-order valence-electron chi connectivity index (χ3n) is 5.26. The molecule has 7 nitrogen and oxygen atoms in total. The molecular weight excluding hydrogens is 346 g/mol. The molecule has 2 fully saturated rings. The highest BCUT2D eigenvalue weighted by Crippen LogP contribution is 2.21. The lowest BCUT2D eigenvalue weighted by Crippen LogP contribution is -2.48. The summed E-state index contributed by atoms with van der Waals surface area (Å²) in [7, 11) is 1.51. The molecular formula is C20H27N3O4. The van der Waals surface area contributed by atoms with E-state index in [0.717, 1.165) is 18.4 Å². The number of rotatable bonds is 6. The average Bonchev–Trinajstić information content (AvgIpc) is 3.04. The van der Waals surface area contributed by atoms with Crippen molar-refractivity contribution in [2.24, 2.45) is 5.92 Å². The maximum Gasteiger partial charge on any atom is 0.248 e. The Labute approximate surface area is 159 Å². The number of nitrogens with one attached hydrogen (secondary N) is 1. The summed E-state index contributed by atoms with van der Waals surface area (Å²) in [5.41, 5.74) is 1.07. The topological polar surface area (TPSA) is 79.0 Å². The van der Waals surface area contributed by atoms with E-state index in [1.165, 1.54) is 7.11 Å². The highest BCUT2D eigenvalue weighted by atomic mass is 16.5. The van der Waals surface area contributed by atoms with Crippen molar-refractivity contribution in [1.82, 2.24) is 15.1 Å². The van der Waals surface area contributed by atoms with Crippen molar-refractivity contribution >= 4 is 17.7 Å². The van der Waals surface area contributed by atoms with Crippen LogP contribution in [0.5, 0.6) is 0 Å². The summed E-state index contributed by atoms with van der Waals surface area (Å²) in [4.78, 5) is 40.2. The molecule has 2 heterocycles. The van der Waals surface area contributed by atoms with Crippen molar-refractivity contribution in [3.05, 3.63) is 35.9 Å². The van der Waals surface area contributed by atoms with Gasteiger partial charge in [0, 0.05) is 45.8 Å². The Morgan fingerprint density at radius 2 is 1.89 bits per heavy atom. The number of hydrogen-bond donors (Lipinski definition) is 1. The number of benzene rings is 1. The van der Waals surface area contributed by atoms with Gasteiger partial charge >= 0.3 is 0 Å². The first kappa shape index (κ1) is 19.4. The van der Waals surface area contributed by atoms with E-state index in [-0.39, 0.29) is 42.7 Å². The van der Waals surface area contributed by atoms with Crippen LogP contribution in [0.4, 0.5) is 0 Å². The Bertz CT molecular complexity index is 671. The minimum atomic E-state index is -0.297. The zero-order valence-corrected chi connectivity index (χ0v) is 15.7. The van der Waals surface area contributed by atoms with Gasteiger partial charge < -0.3 is 19.9 Å². The van der Waals surface area contributed by atoms with Crippen LogP contribution in [0, 0.1) is 5.92 Å². The van der Waals surface area contributed by atoms with Gasteiger partial charge in [-0.3, -0.25) is 14.4 Å². The fourth-order valence-corrected chi connectivity index (χ4v) is 3.71. The van der Waals surface area contributed by atoms with E-state index >= 15 is 0 Å². The quantitative estimate of drug-likeness (QED) is 0.800. The van der Waals surface area contributed by atoms with Gasteiger partial charge in [-0.1, -0.05) is 30.3 Å². The summed E-state index contributed by atoms with van der Waals surface area (Å²) in [6.07, 6.45) is 1.73. The second kappa shape index (κ2) is 8.99. The summed E-state index contributed by atoms with van der Waals surface area (Å²) in [5, 5.41) is 3.07. The van der Waals surface area contributed by atoms with E-state index in [4.69, 9.17) is 4.74 Å². The zero-order valence-electron chi connectivity index (χ0n) is 15.7. The molecule has 0 spiro atoms. The minimum absolute atomic E-state index is 0.0137. The molecule has 0 aromatic heterocycles. The van der Waals surface area contributed by atoms with Crippen molar-refractivity contribution in [2.45, 2.75) is 31.8 Å². The highest BCUT2D eigenvalue weighted by Gasteiger charge is 2.35. The van der Waals surface area contributed by atoms with E-state index in [2.05, 4.69) is 5.32 Å². The van der Waals surface area contributed by atoms with Gasteiger partial charge in [-0.2, -0.15) is 0 Å². The van der Waals surface area contributed by atoms with Crippen molar-refractivity contribution < 1.29 is 19.1 Å². The first-order chi connectivity index (χ1) is 13.1. The number of hydrogen-bond acceptors (Lipinski definition) is 4.